The van der Waals surface area contributed by atoms with Crippen molar-refractivity contribution in [3.05, 3.63) is 28.3 Å². The topological polar surface area (TPSA) is 93.7 Å². The molecule has 0 atom stereocenters. The normalized spacial score (nSPS) is 10.4. The highest BCUT2D eigenvalue weighted by molar-refractivity contribution is 6.37. The quantitative estimate of drug-likeness (QED) is 0.582. The second-order valence-corrected chi connectivity index (χ2v) is 4.32. The van der Waals surface area contributed by atoms with Crippen LogP contribution in [-0.2, 0) is 13.6 Å². The molecular formula is C9H11Cl2N7. The lowest BCUT2D eigenvalue weighted by Crippen LogP contribution is -2.12. The summed E-state index contributed by atoms with van der Waals surface area (Å²) in [5, 5.41) is 11.5. The van der Waals surface area contributed by atoms with E-state index in [1.165, 1.54) is 0 Å². The lowest BCUT2D eigenvalue weighted by molar-refractivity contribution is 0.810. The van der Waals surface area contributed by atoms with Gasteiger partial charge >= 0.3 is 0 Å². The number of anilines is 2. The summed E-state index contributed by atoms with van der Waals surface area (Å²) in [5.74, 6) is 6.86. The van der Waals surface area contributed by atoms with Crippen LogP contribution < -0.4 is 16.6 Å². The van der Waals surface area contributed by atoms with Gasteiger partial charge in [-0.05, 0) is 6.07 Å². The molecule has 96 valence electrons. The van der Waals surface area contributed by atoms with Crippen LogP contribution >= 0.6 is 23.2 Å². The van der Waals surface area contributed by atoms with E-state index in [2.05, 4.69) is 25.9 Å². The second kappa shape index (κ2) is 5.38. The van der Waals surface area contributed by atoms with E-state index < -0.39 is 0 Å². The monoisotopic (exact) mass is 287 g/mol. The van der Waals surface area contributed by atoms with Crippen LogP contribution in [0.4, 0.5) is 11.6 Å². The van der Waals surface area contributed by atoms with Gasteiger partial charge in [-0.2, -0.15) is 0 Å². The maximum atomic E-state index is 6.02. The Kier molecular flexibility index (Phi) is 3.85. The predicted molar refractivity (Wildman–Crippen MR) is 70.4 cm³/mol. The van der Waals surface area contributed by atoms with Crippen molar-refractivity contribution < 1.29 is 0 Å². The summed E-state index contributed by atoms with van der Waals surface area (Å²) in [5.41, 5.74) is 2.39. The molecule has 0 aliphatic heterocycles. The van der Waals surface area contributed by atoms with Crippen LogP contribution in [0.3, 0.4) is 0 Å². The van der Waals surface area contributed by atoms with Gasteiger partial charge < -0.3 is 15.3 Å². The molecule has 0 spiro atoms. The van der Waals surface area contributed by atoms with Gasteiger partial charge in [-0.1, -0.05) is 23.2 Å². The zero-order chi connectivity index (χ0) is 13.1. The highest BCUT2D eigenvalue weighted by Crippen LogP contribution is 2.28. The first-order chi connectivity index (χ1) is 8.61. The average molecular weight is 288 g/mol. The predicted octanol–water partition coefficient (Wildman–Crippen LogP) is 1.41. The minimum atomic E-state index is 0.349. The highest BCUT2D eigenvalue weighted by Gasteiger charge is 2.09. The number of hydrogen-bond donors (Lipinski definition) is 3. The van der Waals surface area contributed by atoms with E-state index in [1.54, 1.807) is 17.0 Å². The molecule has 0 fully saturated rings. The zero-order valence-corrected chi connectivity index (χ0v) is 11.0. The van der Waals surface area contributed by atoms with Crippen LogP contribution in [0.2, 0.25) is 10.0 Å². The van der Waals surface area contributed by atoms with Crippen molar-refractivity contribution in [3.8, 4) is 0 Å². The Bertz CT molecular complexity index is 554. The van der Waals surface area contributed by atoms with E-state index in [1.807, 2.05) is 7.05 Å². The number of hydrazine groups is 1. The Morgan fingerprint density at radius 3 is 2.67 bits per heavy atom. The molecule has 2 rings (SSSR count). The molecule has 0 unspecified atom stereocenters. The SMILES string of the molecule is Cn1cnnc1CNc1nc(NN)c(Cl)cc1Cl. The molecule has 9 heteroatoms. The highest BCUT2D eigenvalue weighted by atomic mass is 35.5. The summed E-state index contributed by atoms with van der Waals surface area (Å²) in [7, 11) is 1.85. The van der Waals surface area contributed by atoms with Gasteiger partial charge in [0, 0.05) is 7.05 Å². The lowest BCUT2D eigenvalue weighted by atomic mass is 10.4. The van der Waals surface area contributed by atoms with Crippen LogP contribution in [0.15, 0.2) is 12.4 Å². The number of halogens is 2. The van der Waals surface area contributed by atoms with Gasteiger partial charge in [-0.15, -0.1) is 10.2 Å². The third-order valence-corrected chi connectivity index (χ3v) is 2.86. The Balaban J connectivity index is 2.16. The van der Waals surface area contributed by atoms with Crippen molar-refractivity contribution in [3.63, 3.8) is 0 Å². The Labute approximate surface area is 113 Å². The summed E-state index contributed by atoms with van der Waals surface area (Å²) in [6.45, 7) is 0.439. The van der Waals surface area contributed by atoms with Gasteiger partial charge in [0.1, 0.15) is 12.1 Å². The fourth-order valence-corrected chi connectivity index (χ4v) is 1.80. The minimum absolute atomic E-state index is 0.349. The average Bonchev–Trinajstić information content (AvgIpc) is 2.74. The van der Waals surface area contributed by atoms with E-state index in [4.69, 9.17) is 29.0 Å². The van der Waals surface area contributed by atoms with Crippen LogP contribution in [0.5, 0.6) is 0 Å². The van der Waals surface area contributed by atoms with Crippen LogP contribution in [0.25, 0.3) is 0 Å². The molecule has 0 bridgehead atoms. The molecule has 0 aliphatic carbocycles. The summed E-state index contributed by atoms with van der Waals surface area (Å²) in [4.78, 5) is 4.15. The first-order valence-corrected chi connectivity index (χ1v) is 5.77. The van der Waals surface area contributed by atoms with Crippen LogP contribution in [0.1, 0.15) is 5.82 Å². The number of nitrogen functional groups attached to an aromatic ring is 1. The molecule has 0 radical (unpaired) electrons. The number of aryl methyl sites for hydroxylation is 1. The first-order valence-electron chi connectivity index (χ1n) is 5.01. The molecule has 18 heavy (non-hydrogen) atoms. The number of nitrogens with two attached hydrogens (primary N) is 1. The molecule has 2 heterocycles. The zero-order valence-electron chi connectivity index (χ0n) is 9.48. The Hall–Kier alpha value is -1.57. The Morgan fingerprint density at radius 1 is 1.33 bits per heavy atom. The molecule has 2 aromatic heterocycles. The third-order valence-electron chi connectivity index (χ3n) is 2.29. The minimum Gasteiger partial charge on any atom is -0.361 e. The van der Waals surface area contributed by atoms with E-state index in [0.29, 0.717) is 28.2 Å². The summed E-state index contributed by atoms with van der Waals surface area (Å²) in [6, 6.07) is 1.56. The number of nitrogens with one attached hydrogen (secondary N) is 2. The second-order valence-electron chi connectivity index (χ2n) is 3.51. The van der Waals surface area contributed by atoms with Gasteiger partial charge in [-0.25, -0.2) is 10.8 Å². The molecular weight excluding hydrogens is 277 g/mol. The standard InChI is InChI=1S/C9H11Cl2N7/c1-18-4-14-17-7(18)3-13-8-5(10)2-6(11)9(15-8)16-12/h2,4H,3,12H2,1H3,(H2,13,15,16). The van der Waals surface area contributed by atoms with E-state index >= 15 is 0 Å². The third kappa shape index (κ3) is 2.63. The number of nitrogens with zero attached hydrogens (tertiary/aromatic N) is 4. The van der Waals surface area contributed by atoms with Gasteiger partial charge in [-0.3, -0.25) is 0 Å². The van der Waals surface area contributed by atoms with E-state index in [9.17, 15) is 0 Å². The smallest absolute Gasteiger partial charge is 0.161 e. The molecule has 7 nitrogen and oxygen atoms in total. The number of pyridine rings is 1. The van der Waals surface area contributed by atoms with Gasteiger partial charge in [0.05, 0.1) is 16.6 Å². The number of rotatable bonds is 4. The van der Waals surface area contributed by atoms with Gasteiger partial charge in [0.25, 0.3) is 0 Å². The summed E-state index contributed by atoms with van der Waals surface area (Å²) >= 11 is 11.9. The fourth-order valence-electron chi connectivity index (χ4n) is 1.32. The molecule has 2 aromatic rings. The molecule has 0 aliphatic rings. The van der Waals surface area contributed by atoms with Crippen molar-refractivity contribution in [2.24, 2.45) is 12.9 Å². The van der Waals surface area contributed by atoms with E-state index in [0.717, 1.165) is 5.82 Å². The number of aromatic nitrogens is 4. The number of hydrogen-bond acceptors (Lipinski definition) is 6. The summed E-state index contributed by atoms with van der Waals surface area (Å²) < 4.78 is 1.79. The largest absolute Gasteiger partial charge is 0.361 e. The van der Waals surface area contributed by atoms with Crippen molar-refractivity contribution in [1.82, 2.24) is 19.7 Å². The van der Waals surface area contributed by atoms with Gasteiger partial charge in [0.2, 0.25) is 0 Å². The molecule has 0 aromatic carbocycles. The maximum absolute atomic E-state index is 6.02. The fraction of sp³-hybridized carbons (Fsp3) is 0.222. The van der Waals surface area contributed by atoms with Gasteiger partial charge in [0.15, 0.2) is 11.6 Å². The Morgan fingerprint density at radius 2 is 2.06 bits per heavy atom. The van der Waals surface area contributed by atoms with Crippen LogP contribution in [-0.4, -0.2) is 19.7 Å². The maximum Gasteiger partial charge on any atom is 0.161 e. The molecule has 0 saturated heterocycles. The van der Waals surface area contributed by atoms with Crippen molar-refractivity contribution in [1.29, 1.82) is 0 Å². The first kappa shape index (κ1) is 12.9. The summed E-state index contributed by atoms with van der Waals surface area (Å²) in [6.07, 6.45) is 1.61. The molecule has 0 saturated carbocycles. The molecule has 4 N–H and O–H groups in total. The van der Waals surface area contributed by atoms with Crippen molar-refractivity contribution >= 4 is 34.8 Å². The van der Waals surface area contributed by atoms with Crippen molar-refractivity contribution in [2.45, 2.75) is 6.54 Å². The lowest BCUT2D eigenvalue weighted by Gasteiger charge is -2.10. The van der Waals surface area contributed by atoms with E-state index in [-0.39, 0.29) is 0 Å². The van der Waals surface area contributed by atoms with Crippen molar-refractivity contribution in [2.75, 3.05) is 10.7 Å². The molecule has 0 amide bonds. The van der Waals surface area contributed by atoms with Crippen LogP contribution in [0, 0.1) is 0 Å².